The average molecular weight is 131 g/mol. The molecule has 0 spiro atoms. The van der Waals surface area contributed by atoms with Crippen molar-refractivity contribution < 1.29 is 9.53 Å². The zero-order valence-electron chi connectivity index (χ0n) is 4.79. The first-order valence-corrected chi connectivity index (χ1v) is 2.28. The molecule has 0 atom stereocenters. The Hall–Kier alpha value is -1.39. The predicted octanol–water partition coefficient (Wildman–Crippen LogP) is -0.409. The van der Waals surface area contributed by atoms with Crippen molar-refractivity contribution in [2.45, 2.75) is 0 Å². The lowest BCUT2D eigenvalue weighted by Gasteiger charge is -1.88. The highest BCUT2D eigenvalue weighted by atomic mass is 16.6. The summed E-state index contributed by atoms with van der Waals surface area (Å²) < 4.78 is 4.32. The minimum Gasteiger partial charge on any atom is -0.463 e. The maximum absolute atomic E-state index is 10.5. The van der Waals surface area contributed by atoms with E-state index in [-0.39, 0.29) is 5.82 Å². The van der Waals surface area contributed by atoms with Gasteiger partial charge < -0.3 is 4.74 Å². The average Bonchev–Trinajstić information content (AvgIpc) is 2.37. The number of carbonyl (C=O) groups is 1. The molecule has 0 radical (unpaired) electrons. The smallest absolute Gasteiger partial charge is 0.375 e. The van der Waals surface area contributed by atoms with Crippen LogP contribution >= 0.6 is 0 Å². The molecule has 0 saturated heterocycles. The highest BCUT2D eigenvalue weighted by Gasteiger charge is 2.05. The van der Waals surface area contributed by atoms with Crippen molar-refractivity contribution in [3.8, 4) is 0 Å². The van der Waals surface area contributed by atoms with Crippen LogP contribution in [0.25, 0.3) is 0 Å². The summed E-state index contributed by atoms with van der Waals surface area (Å²) in [6.45, 7) is 0. The number of nitrogens with one attached hydrogen (secondary N) is 1. The first kappa shape index (κ1) is 5.74. The molecule has 1 heterocycles. The first-order chi connectivity index (χ1) is 4.34. The van der Waals surface area contributed by atoms with Crippen molar-refractivity contribution >= 4 is 5.97 Å². The van der Waals surface area contributed by atoms with Crippen molar-refractivity contribution in [2.75, 3.05) is 7.11 Å². The molecule has 1 aromatic rings. The Morgan fingerprint density at radius 2 is 2.67 bits per heavy atom. The Balaban J connectivity index is 2.77. The highest BCUT2D eigenvalue weighted by Crippen LogP contribution is 1.86. The number of nitrogens with zero attached hydrogens (tertiary/aromatic N) is 2. The molecule has 48 valence electrons. The topological polar surface area (TPSA) is 67.9 Å². The molecule has 0 aliphatic carbocycles. The van der Waals surface area contributed by atoms with E-state index in [1.807, 2.05) is 0 Å². The molecule has 0 unspecified atom stereocenters. The van der Waals surface area contributed by atoms with E-state index in [0.29, 0.717) is 0 Å². The van der Waals surface area contributed by atoms with E-state index < -0.39 is 5.97 Å². The van der Waals surface area contributed by atoms with Crippen molar-refractivity contribution in [3.05, 3.63) is 12.2 Å². The standard InChI is InChI=1S/C4H5N3O2/c1-9-4(8)3-5-2-6-7-3/h2H,1H3,(H,5,6,7)/i2+1,3+1,4+1,5+1. The van der Waals surface area contributed by atoms with Crippen LogP contribution in [0, 0.1) is 0 Å². The van der Waals surface area contributed by atoms with Crippen molar-refractivity contribution in [2.24, 2.45) is 0 Å². The molecule has 0 amide bonds. The van der Waals surface area contributed by atoms with E-state index in [1.165, 1.54) is 13.4 Å². The molecule has 5 nitrogen and oxygen atoms in total. The summed E-state index contributed by atoms with van der Waals surface area (Å²) in [5, 5.41) is 5.81. The van der Waals surface area contributed by atoms with E-state index in [0.717, 1.165) is 0 Å². The van der Waals surface area contributed by atoms with Crippen molar-refractivity contribution in [1.29, 1.82) is 0 Å². The Morgan fingerprint density at radius 1 is 1.89 bits per heavy atom. The van der Waals surface area contributed by atoms with Gasteiger partial charge in [0.15, 0.2) is 0 Å². The molecule has 0 aliphatic rings. The quantitative estimate of drug-likeness (QED) is 0.415. The highest BCUT2D eigenvalue weighted by molar-refractivity contribution is 5.84. The van der Waals surface area contributed by atoms with Gasteiger partial charge in [0.05, 0.1) is 7.11 Å². The number of methoxy groups -OCH3 is 1. The molecule has 0 aromatic carbocycles. The van der Waals surface area contributed by atoms with Crippen LogP contribution < -0.4 is 0 Å². The number of esters is 1. The normalized spacial score (nSPS) is 9.00. The summed E-state index contributed by atoms with van der Waals surface area (Å²) in [5.74, 6) is -0.384. The Kier molecular flexibility index (Phi) is 1.44. The van der Waals surface area contributed by atoms with Gasteiger partial charge in [0.25, 0.3) is 0 Å². The van der Waals surface area contributed by atoms with Gasteiger partial charge in [-0.25, -0.2) is 9.78 Å². The first-order valence-electron chi connectivity index (χ1n) is 2.28. The fourth-order valence-electron chi connectivity index (χ4n) is 0.401. The van der Waals surface area contributed by atoms with Crippen LogP contribution in [0.15, 0.2) is 6.33 Å². The Morgan fingerprint density at radius 3 is 3.11 bits per heavy atom. The second-order valence-corrected chi connectivity index (χ2v) is 1.33. The second-order valence-electron chi connectivity index (χ2n) is 1.33. The zero-order valence-corrected chi connectivity index (χ0v) is 4.79. The Bertz CT molecular complexity index is 194. The van der Waals surface area contributed by atoms with Gasteiger partial charge in [0, 0.05) is 0 Å². The zero-order chi connectivity index (χ0) is 6.69. The summed E-state index contributed by atoms with van der Waals surface area (Å²) in [7, 11) is 1.28. The fraction of sp³-hybridized carbons (Fsp3) is 0.250. The molecule has 5 heteroatoms. The van der Waals surface area contributed by atoms with Crippen LogP contribution in [0.1, 0.15) is 10.6 Å². The number of hydrogen-bond acceptors (Lipinski definition) is 4. The van der Waals surface area contributed by atoms with E-state index in [9.17, 15) is 4.79 Å². The third-order valence-corrected chi connectivity index (χ3v) is 0.794. The lowest BCUT2D eigenvalue weighted by molar-refractivity contribution is 0.0587. The lowest BCUT2D eigenvalue weighted by Crippen LogP contribution is -2.02. The third-order valence-electron chi connectivity index (χ3n) is 0.794. The summed E-state index contributed by atoms with van der Waals surface area (Å²) in [4.78, 5) is 14.1. The SMILES string of the molecule is CO[13C](=O)[13c]1[nH]n[13cH][15n]1. The predicted molar refractivity (Wildman–Crippen MR) is 27.7 cm³/mol. The second kappa shape index (κ2) is 2.25. The molecule has 9 heavy (non-hydrogen) atoms. The van der Waals surface area contributed by atoms with Crippen LogP contribution in [-0.2, 0) is 4.74 Å². The van der Waals surface area contributed by atoms with Crippen LogP contribution in [0.5, 0.6) is 0 Å². The molecule has 0 bridgehead atoms. The minimum atomic E-state index is -0.507. The summed E-state index contributed by atoms with van der Waals surface area (Å²) in [5.41, 5.74) is 0. The van der Waals surface area contributed by atoms with Crippen LogP contribution in [0.2, 0.25) is 0 Å². The third kappa shape index (κ3) is 1.04. The molecule has 1 aromatic heterocycles. The van der Waals surface area contributed by atoms with Crippen LogP contribution in [0.3, 0.4) is 0 Å². The van der Waals surface area contributed by atoms with E-state index in [1.54, 1.807) is 0 Å². The van der Waals surface area contributed by atoms with Crippen molar-refractivity contribution in [3.63, 3.8) is 0 Å². The van der Waals surface area contributed by atoms with Crippen molar-refractivity contribution in [1.82, 2.24) is 15.2 Å². The molecule has 0 fully saturated rings. The van der Waals surface area contributed by atoms with Crippen LogP contribution in [0.4, 0.5) is 0 Å². The molecular weight excluding hydrogens is 126 g/mol. The number of ether oxygens (including phenoxy) is 1. The molecule has 0 aliphatic heterocycles. The van der Waals surface area contributed by atoms with Gasteiger partial charge in [0.1, 0.15) is 6.33 Å². The van der Waals surface area contributed by atoms with Crippen LogP contribution in [-0.4, -0.2) is 28.3 Å². The maximum Gasteiger partial charge on any atom is 0.375 e. The van der Waals surface area contributed by atoms with Gasteiger partial charge in [-0.2, -0.15) is 5.10 Å². The number of hydrogen-bond donors (Lipinski definition) is 1. The number of carbonyl (C=O) groups excluding carboxylic acids is 1. The monoisotopic (exact) mass is 131 g/mol. The van der Waals surface area contributed by atoms with Gasteiger partial charge in [-0.3, -0.25) is 5.10 Å². The molecule has 1 N–H and O–H groups in total. The lowest BCUT2D eigenvalue weighted by atomic mass is 11.5. The van der Waals surface area contributed by atoms with Gasteiger partial charge in [-0.05, 0) is 0 Å². The Labute approximate surface area is 51.1 Å². The fourth-order valence-corrected chi connectivity index (χ4v) is 0.401. The summed E-state index contributed by atoms with van der Waals surface area (Å²) in [6, 6.07) is 0. The van der Waals surface area contributed by atoms with Gasteiger partial charge in [-0.1, -0.05) is 0 Å². The van der Waals surface area contributed by atoms with E-state index >= 15 is 0 Å². The number of rotatable bonds is 1. The number of aromatic amines is 1. The van der Waals surface area contributed by atoms with E-state index in [4.69, 9.17) is 0 Å². The largest absolute Gasteiger partial charge is 0.463 e. The maximum atomic E-state index is 10.5. The molecule has 1 rings (SSSR count). The summed E-state index contributed by atoms with van der Waals surface area (Å²) >= 11 is 0. The van der Waals surface area contributed by atoms with Gasteiger partial charge in [0.2, 0.25) is 5.82 Å². The number of aromatic nitrogens is 3. The van der Waals surface area contributed by atoms with Gasteiger partial charge in [-0.15, -0.1) is 0 Å². The van der Waals surface area contributed by atoms with E-state index in [2.05, 4.69) is 19.9 Å². The molecule has 0 saturated carbocycles. The number of H-pyrrole nitrogens is 1. The summed E-state index contributed by atoms with van der Waals surface area (Å²) in [6.07, 6.45) is 1.24. The minimum absolute atomic E-state index is 0.123. The molecular formula is C4H5N3O2. The van der Waals surface area contributed by atoms with Gasteiger partial charge >= 0.3 is 5.97 Å².